The summed E-state index contributed by atoms with van der Waals surface area (Å²) in [7, 11) is 1.66. The van der Waals surface area contributed by atoms with E-state index in [0.717, 1.165) is 28.5 Å². The van der Waals surface area contributed by atoms with Crippen molar-refractivity contribution in [1.82, 2.24) is 4.57 Å². The van der Waals surface area contributed by atoms with Gasteiger partial charge in [0.25, 0.3) is 0 Å². The molecule has 3 aromatic rings. The van der Waals surface area contributed by atoms with Crippen molar-refractivity contribution in [2.45, 2.75) is 6.92 Å². The molecule has 4 nitrogen and oxygen atoms in total. The van der Waals surface area contributed by atoms with E-state index in [1.807, 2.05) is 48.7 Å². The summed E-state index contributed by atoms with van der Waals surface area (Å²) in [4.78, 5) is 4.51. The zero-order chi connectivity index (χ0) is 16.9. The predicted molar refractivity (Wildman–Crippen MR) is 95.5 cm³/mol. The van der Waals surface area contributed by atoms with E-state index >= 15 is 0 Å². The molecule has 0 aliphatic rings. The zero-order valence-electron chi connectivity index (χ0n) is 13.6. The normalized spacial score (nSPS) is 10.7. The molecule has 24 heavy (non-hydrogen) atoms. The Labute approximate surface area is 141 Å². The Bertz CT molecular complexity index is 898. The molecule has 0 spiro atoms. The zero-order valence-corrected chi connectivity index (χ0v) is 13.6. The number of methoxy groups -OCH3 is 1. The van der Waals surface area contributed by atoms with E-state index in [9.17, 15) is 0 Å². The van der Waals surface area contributed by atoms with Crippen LogP contribution in [0.1, 0.15) is 17.0 Å². The van der Waals surface area contributed by atoms with Crippen molar-refractivity contribution in [3.05, 3.63) is 77.6 Å². The fourth-order valence-electron chi connectivity index (χ4n) is 2.51. The second kappa shape index (κ2) is 6.84. The van der Waals surface area contributed by atoms with Gasteiger partial charge in [0.2, 0.25) is 0 Å². The number of nitriles is 1. The van der Waals surface area contributed by atoms with Gasteiger partial charge in [-0.1, -0.05) is 0 Å². The van der Waals surface area contributed by atoms with Crippen LogP contribution < -0.4 is 4.74 Å². The number of rotatable bonds is 4. The first-order valence-electron chi connectivity index (χ1n) is 7.58. The van der Waals surface area contributed by atoms with Crippen molar-refractivity contribution in [2.24, 2.45) is 4.99 Å². The van der Waals surface area contributed by atoms with E-state index in [1.54, 1.807) is 19.2 Å². The third-order valence-electron chi connectivity index (χ3n) is 3.78. The largest absolute Gasteiger partial charge is 0.497 e. The molecule has 1 heterocycles. The Hall–Kier alpha value is -3.32. The maximum absolute atomic E-state index is 8.84. The number of aromatic nitrogens is 1. The minimum absolute atomic E-state index is 0.631. The molecule has 1 aromatic heterocycles. The molecule has 0 N–H and O–H groups in total. The van der Waals surface area contributed by atoms with Gasteiger partial charge >= 0.3 is 0 Å². The molecule has 0 bridgehead atoms. The lowest BCUT2D eigenvalue weighted by molar-refractivity contribution is 0.414. The topological polar surface area (TPSA) is 50.3 Å². The van der Waals surface area contributed by atoms with Gasteiger partial charge in [-0.3, -0.25) is 4.99 Å². The van der Waals surface area contributed by atoms with Crippen LogP contribution in [0.4, 0.5) is 5.69 Å². The molecule has 3 rings (SSSR count). The van der Waals surface area contributed by atoms with Crippen LogP contribution in [0.25, 0.3) is 5.69 Å². The molecule has 0 radical (unpaired) electrons. The molecule has 0 atom stereocenters. The number of hydrogen-bond donors (Lipinski definition) is 0. The van der Waals surface area contributed by atoms with E-state index in [1.165, 1.54) is 0 Å². The average molecular weight is 315 g/mol. The lowest BCUT2D eigenvalue weighted by Crippen LogP contribution is -2.01. The first-order valence-corrected chi connectivity index (χ1v) is 7.58. The lowest BCUT2D eigenvalue weighted by atomic mass is 10.2. The summed E-state index contributed by atoms with van der Waals surface area (Å²) in [5, 5.41) is 8.84. The van der Waals surface area contributed by atoms with Gasteiger partial charge in [-0.2, -0.15) is 5.26 Å². The van der Waals surface area contributed by atoms with Crippen LogP contribution in [0.3, 0.4) is 0 Å². The molecule has 0 unspecified atom stereocenters. The fraction of sp³-hybridized carbons (Fsp3) is 0.100. The molecule has 0 saturated heterocycles. The van der Waals surface area contributed by atoms with Gasteiger partial charge in [0.1, 0.15) is 5.75 Å². The average Bonchev–Trinajstić information content (AvgIpc) is 3.01. The molecular formula is C20H17N3O. The highest BCUT2D eigenvalue weighted by Crippen LogP contribution is 2.20. The van der Waals surface area contributed by atoms with Crippen molar-refractivity contribution < 1.29 is 4.74 Å². The second-order valence-electron chi connectivity index (χ2n) is 5.35. The third-order valence-corrected chi connectivity index (χ3v) is 3.78. The van der Waals surface area contributed by atoms with E-state index in [2.05, 4.69) is 28.6 Å². The molecule has 0 aliphatic heterocycles. The van der Waals surface area contributed by atoms with E-state index in [4.69, 9.17) is 10.00 Å². The molecule has 0 saturated carbocycles. The van der Waals surface area contributed by atoms with Gasteiger partial charge in [0, 0.05) is 11.4 Å². The quantitative estimate of drug-likeness (QED) is 0.669. The minimum Gasteiger partial charge on any atom is -0.497 e. The molecule has 0 amide bonds. The number of hydrogen-bond acceptors (Lipinski definition) is 3. The van der Waals surface area contributed by atoms with Gasteiger partial charge in [-0.25, -0.2) is 0 Å². The Morgan fingerprint density at radius 2 is 1.71 bits per heavy atom. The molecule has 2 aromatic carbocycles. The molecule has 0 fully saturated rings. The Kier molecular flexibility index (Phi) is 4.44. The number of benzene rings is 2. The van der Waals surface area contributed by atoms with Crippen LogP contribution in [0, 0.1) is 18.3 Å². The molecule has 118 valence electrons. The van der Waals surface area contributed by atoms with Gasteiger partial charge < -0.3 is 9.30 Å². The second-order valence-corrected chi connectivity index (χ2v) is 5.35. The van der Waals surface area contributed by atoms with Crippen molar-refractivity contribution >= 4 is 11.9 Å². The maximum Gasteiger partial charge on any atom is 0.119 e. The monoisotopic (exact) mass is 315 g/mol. The Morgan fingerprint density at radius 1 is 1.00 bits per heavy atom. The Balaban J connectivity index is 1.91. The fourth-order valence-corrected chi connectivity index (χ4v) is 2.51. The maximum atomic E-state index is 8.84. The first kappa shape index (κ1) is 15.6. The Morgan fingerprint density at radius 3 is 2.33 bits per heavy atom. The van der Waals surface area contributed by atoms with E-state index in [0.29, 0.717) is 5.56 Å². The van der Waals surface area contributed by atoms with Crippen molar-refractivity contribution in [3.8, 4) is 17.5 Å². The molecule has 0 aliphatic carbocycles. The van der Waals surface area contributed by atoms with Crippen molar-refractivity contribution in [2.75, 3.05) is 7.11 Å². The van der Waals surface area contributed by atoms with Crippen LogP contribution in [0.5, 0.6) is 5.75 Å². The first-order chi connectivity index (χ1) is 11.7. The number of ether oxygens (including phenoxy) is 1. The van der Waals surface area contributed by atoms with Crippen LogP contribution in [0.2, 0.25) is 0 Å². The molecule has 4 heteroatoms. The summed E-state index contributed by atoms with van der Waals surface area (Å²) in [5.41, 5.74) is 4.61. The van der Waals surface area contributed by atoms with Crippen LogP contribution in [0.15, 0.2) is 65.7 Å². The van der Waals surface area contributed by atoms with Crippen LogP contribution in [-0.2, 0) is 0 Å². The minimum atomic E-state index is 0.631. The van der Waals surface area contributed by atoms with Gasteiger partial charge in [0.15, 0.2) is 0 Å². The standard InChI is InChI=1S/C20H17N3O/c1-15-3-8-19(14-22-17-6-4-16(13-21)5-7-17)23(15)18-9-11-20(24-2)12-10-18/h3-12,14H,1-2H3. The van der Waals surface area contributed by atoms with Gasteiger partial charge in [0.05, 0.1) is 36.3 Å². The number of nitrogens with zero attached hydrogens (tertiary/aromatic N) is 3. The lowest BCUT2D eigenvalue weighted by Gasteiger charge is -2.10. The number of aliphatic imine (C=N–C) groups is 1. The van der Waals surface area contributed by atoms with E-state index in [-0.39, 0.29) is 0 Å². The smallest absolute Gasteiger partial charge is 0.119 e. The van der Waals surface area contributed by atoms with Crippen LogP contribution in [-0.4, -0.2) is 17.9 Å². The summed E-state index contributed by atoms with van der Waals surface area (Å²) in [6.07, 6.45) is 1.83. The summed E-state index contributed by atoms with van der Waals surface area (Å²) < 4.78 is 7.34. The van der Waals surface area contributed by atoms with Crippen molar-refractivity contribution in [1.29, 1.82) is 5.26 Å². The van der Waals surface area contributed by atoms with E-state index < -0.39 is 0 Å². The highest BCUT2D eigenvalue weighted by atomic mass is 16.5. The SMILES string of the molecule is COc1ccc(-n2c(C)ccc2C=Nc2ccc(C#N)cc2)cc1. The third kappa shape index (κ3) is 3.21. The predicted octanol–water partition coefficient (Wildman–Crippen LogP) is 4.42. The van der Waals surface area contributed by atoms with Crippen molar-refractivity contribution in [3.63, 3.8) is 0 Å². The summed E-state index contributed by atoms with van der Waals surface area (Å²) in [6.45, 7) is 2.06. The summed E-state index contributed by atoms with van der Waals surface area (Å²) in [6, 6.07) is 21.3. The van der Waals surface area contributed by atoms with Gasteiger partial charge in [-0.15, -0.1) is 0 Å². The molecular weight excluding hydrogens is 298 g/mol. The summed E-state index contributed by atoms with van der Waals surface area (Å²) in [5.74, 6) is 0.830. The highest BCUT2D eigenvalue weighted by molar-refractivity contribution is 5.81. The number of aryl methyl sites for hydroxylation is 1. The van der Waals surface area contributed by atoms with Gasteiger partial charge in [-0.05, 0) is 67.6 Å². The summed E-state index contributed by atoms with van der Waals surface area (Å²) >= 11 is 0. The highest BCUT2D eigenvalue weighted by Gasteiger charge is 2.06. The van der Waals surface area contributed by atoms with Crippen LogP contribution >= 0.6 is 0 Å².